The summed E-state index contributed by atoms with van der Waals surface area (Å²) in [5, 5.41) is 3.16. The molecule has 1 heterocycles. The Morgan fingerprint density at radius 1 is 1.48 bits per heavy atom. The minimum atomic E-state index is -1.09. The minimum absolute atomic E-state index is 0.0217. The van der Waals surface area contributed by atoms with Gasteiger partial charge in [-0.15, -0.1) is 0 Å². The molecule has 1 aromatic carbocycles. The van der Waals surface area contributed by atoms with Gasteiger partial charge in [0.05, 0.1) is 19.5 Å². The second-order valence-electron chi connectivity index (χ2n) is 6.31. The van der Waals surface area contributed by atoms with E-state index < -0.39 is 12.3 Å². The molecule has 122 valence electrons. The maximum atomic E-state index is 13.4. The zero-order valence-corrected chi connectivity index (χ0v) is 13.5. The molecular weight excluding hydrogens is 293 g/mol. The normalized spacial score (nSPS) is 21.6. The number of carbonyl (C=O) groups is 1. The summed E-state index contributed by atoms with van der Waals surface area (Å²) >= 11 is 0. The highest BCUT2D eigenvalue weighted by Gasteiger charge is 2.39. The average molecular weight is 315 g/mol. The Bertz CT molecular complexity index is 606. The van der Waals surface area contributed by atoms with Crippen LogP contribution in [0.15, 0.2) is 36.4 Å². The third kappa shape index (κ3) is 4.90. The van der Waals surface area contributed by atoms with Gasteiger partial charge in [0.15, 0.2) is 0 Å². The molecule has 0 unspecified atom stereocenters. The van der Waals surface area contributed by atoms with Crippen LogP contribution in [0.1, 0.15) is 25.8 Å². The molecule has 0 aromatic heterocycles. The Morgan fingerprint density at radius 2 is 2.17 bits per heavy atom. The first-order valence-electron chi connectivity index (χ1n) is 7.71. The maximum absolute atomic E-state index is 13.4. The maximum Gasteiger partial charge on any atom is 0.303 e. The van der Waals surface area contributed by atoms with Crippen LogP contribution in [0.3, 0.4) is 0 Å². The van der Waals surface area contributed by atoms with E-state index in [1.807, 2.05) is 56.3 Å². The predicted octanol–water partition coefficient (Wildman–Crippen LogP) is 2.88. The molecule has 0 bridgehead atoms. The van der Waals surface area contributed by atoms with Gasteiger partial charge in [0.2, 0.25) is 5.91 Å². The minimum Gasteiger partial charge on any atom is -0.300 e. The smallest absolute Gasteiger partial charge is 0.300 e. The van der Waals surface area contributed by atoms with Crippen LogP contribution in [-0.2, 0) is 4.79 Å². The van der Waals surface area contributed by atoms with Crippen LogP contribution in [0.4, 0.5) is 4.39 Å². The first-order chi connectivity index (χ1) is 10.9. The van der Waals surface area contributed by atoms with Gasteiger partial charge < -0.3 is 0 Å². The lowest BCUT2D eigenvalue weighted by Crippen LogP contribution is -2.46. The standard InChI is InChI=1S/C18H22FN3O/c1-18(2,10-9-14-7-5-4-6-8-14)21-12-17(23)22-13-15(19)11-16(22)20-3/h4-10,15-16,21H,11-13H2,1-2H3/b10-9+/t15-,16-/m0/s1. The van der Waals surface area contributed by atoms with E-state index in [9.17, 15) is 9.18 Å². The van der Waals surface area contributed by atoms with Gasteiger partial charge in [-0.1, -0.05) is 42.5 Å². The molecule has 1 saturated heterocycles. The number of likely N-dealkylation sites (tertiary alicyclic amines) is 1. The fraction of sp³-hybridized carbons (Fsp3) is 0.444. The number of hydrogen-bond acceptors (Lipinski definition) is 2. The van der Waals surface area contributed by atoms with Crippen LogP contribution < -0.4 is 5.32 Å². The van der Waals surface area contributed by atoms with Crippen molar-refractivity contribution in [3.05, 3.63) is 53.4 Å². The third-order valence-electron chi connectivity index (χ3n) is 3.88. The van der Waals surface area contributed by atoms with Gasteiger partial charge >= 0.3 is 6.17 Å². The summed E-state index contributed by atoms with van der Waals surface area (Å²) in [4.78, 5) is 16.9. The van der Waals surface area contributed by atoms with Crippen molar-refractivity contribution in [2.75, 3.05) is 13.1 Å². The first kappa shape index (κ1) is 17.2. The molecule has 0 spiro atoms. The zero-order chi connectivity index (χ0) is 16.9. The van der Waals surface area contributed by atoms with E-state index in [1.165, 1.54) is 4.90 Å². The molecule has 1 amide bonds. The Morgan fingerprint density at radius 3 is 2.83 bits per heavy atom. The van der Waals surface area contributed by atoms with Crippen molar-refractivity contribution in [1.29, 1.82) is 0 Å². The molecule has 1 N–H and O–H groups in total. The van der Waals surface area contributed by atoms with Crippen molar-refractivity contribution in [2.45, 2.75) is 38.1 Å². The molecule has 1 fully saturated rings. The first-order valence-corrected chi connectivity index (χ1v) is 7.71. The highest BCUT2D eigenvalue weighted by Crippen LogP contribution is 2.21. The Balaban J connectivity index is 1.90. The summed E-state index contributed by atoms with van der Waals surface area (Å²) in [5.41, 5.74) is 0.704. The summed E-state index contributed by atoms with van der Waals surface area (Å²) in [6, 6.07) is 9.90. The number of benzene rings is 1. The van der Waals surface area contributed by atoms with Crippen molar-refractivity contribution >= 4 is 12.0 Å². The number of nitrogens with zero attached hydrogens (tertiary/aromatic N) is 2. The van der Waals surface area contributed by atoms with Gasteiger partial charge in [0, 0.05) is 5.54 Å². The molecule has 2 rings (SSSR count). The monoisotopic (exact) mass is 315 g/mol. The van der Waals surface area contributed by atoms with Gasteiger partial charge in [-0.2, -0.15) is 0 Å². The highest BCUT2D eigenvalue weighted by atomic mass is 19.1. The molecule has 0 aliphatic carbocycles. The zero-order valence-electron chi connectivity index (χ0n) is 13.5. The van der Waals surface area contributed by atoms with Gasteiger partial charge in [0.1, 0.15) is 6.17 Å². The van der Waals surface area contributed by atoms with Crippen LogP contribution in [0, 0.1) is 6.57 Å². The van der Waals surface area contributed by atoms with Crippen molar-refractivity contribution in [3.63, 3.8) is 0 Å². The van der Waals surface area contributed by atoms with E-state index >= 15 is 0 Å². The summed E-state index contributed by atoms with van der Waals surface area (Å²) in [6.45, 7) is 11.1. The van der Waals surface area contributed by atoms with Crippen LogP contribution in [0.25, 0.3) is 10.9 Å². The Kier molecular flexibility index (Phi) is 5.51. The second kappa shape index (κ2) is 7.38. The Labute approximate surface area is 136 Å². The molecule has 5 heteroatoms. The highest BCUT2D eigenvalue weighted by molar-refractivity contribution is 5.79. The molecular formula is C18H22FN3O. The van der Waals surface area contributed by atoms with Crippen LogP contribution >= 0.6 is 0 Å². The second-order valence-corrected chi connectivity index (χ2v) is 6.31. The topological polar surface area (TPSA) is 36.7 Å². The molecule has 2 atom stereocenters. The lowest BCUT2D eigenvalue weighted by Gasteiger charge is -2.24. The van der Waals surface area contributed by atoms with E-state index in [-0.39, 0.29) is 31.0 Å². The SMILES string of the molecule is [C-]#[N+][C@@H]1C[C@H](F)CN1C(=O)CNC(C)(C)/C=C/c1ccccc1. The largest absolute Gasteiger partial charge is 0.303 e. The van der Waals surface area contributed by atoms with Crippen molar-refractivity contribution in [2.24, 2.45) is 0 Å². The predicted molar refractivity (Wildman–Crippen MR) is 89.2 cm³/mol. The third-order valence-corrected chi connectivity index (χ3v) is 3.88. The molecule has 0 saturated carbocycles. The number of hydrogen-bond donors (Lipinski definition) is 1. The van der Waals surface area contributed by atoms with Crippen molar-refractivity contribution in [1.82, 2.24) is 10.2 Å². The van der Waals surface area contributed by atoms with E-state index in [1.54, 1.807) is 0 Å². The molecule has 1 aromatic rings. The number of alkyl halides is 1. The molecule has 1 aliphatic heterocycles. The number of carbonyl (C=O) groups excluding carboxylic acids is 1. The molecule has 23 heavy (non-hydrogen) atoms. The van der Waals surface area contributed by atoms with Crippen molar-refractivity contribution in [3.8, 4) is 0 Å². The van der Waals surface area contributed by atoms with E-state index in [0.29, 0.717) is 0 Å². The number of nitrogens with one attached hydrogen (secondary N) is 1. The van der Waals surface area contributed by atoms with Gasteiger partial charge in [-0.05, 0) is 19.4 Å². The molecule has 1 aliphatic rings. The summed E-state index contributed by atoms with van der Waals surface area (Å²) < 4.78 is 13.4. The van der Waals surface area contributed by atoms with E-state index in [0.717, 1.165) is 5.56 Å². The summed E-state index contributed by atoms with van der Waals surface area (Å²) in [6.07, 6.45) is 2.34. The fourth-order valence-electron chi connectivity index (χ4n) is 2.49. The van der Waals surface area contributed by atoms with Gasteiger partial charge in [-0.3, -0.25) is 19.9 Å². The average Bonchev–Trinajstić information content (AvgIpc) is 2.93. The summed E-state index contributed by atoms with van der Waals surface area (Å²) in [5.74, 6) is -0.229. The van der Waals surface area contributed by atoms with Crippen molar-refractivity contribution < 1.29 is 9.18 Å². The fourth-order valence-corrected chi connectivity index (χ4v) is 2.49. The van der Waals surface area contributed by atoms with Gasteiger partial charge in [-0.25, -0.2) is 11.0 Å². The lowest BCUT2D eigenvalue weighted by atomic mass is 10.0. The number of amides is 1. The van der Waals surface area contributed by atoms with Crippen LogP contribution in [0.2, 0.25) is 0 Å². The van der Waals surface area contributed by atoms with E-state index in [4.69, 9.17) is 6.57 Å². The quantitative estimate of drug-likeness (QED) is 0.848. The summed E-state index contributed by atoms with van der Waals surface area (Å²) in [7, 11) is 0. The lowest BCUT2D eigenvalue weighted by molar-refractivity contribution is -0.130. The van der Waals surface area contributed by atoms with Crippen LogP contribution in [0.5, 0.6) is 0 Å². The van der Waals surface area contributed by atoms with Gasteiger partial charge in [0.25, 0.3) is 0 Å². The van der Waals surface area contributed by atoms with Crippen LogP contribution in [-0.4, -0.2) is 41.8 Å². The van der Waals surface area contributed by atoms with E-state index in [2.05, 4.69) is 10.2 Å². The number of rotatable bonds is 5. The number of halogens is 1. The Hall–Kier alpha value is -2.19. The molecule has 4 nitrogen and oxygen atoms in total. The molecule has 0 radical (unpaired) electrons.